The highest BCUT2D eigenvalue weighted by molar-refractivity contribution is 5.73. The maximum Gasteiger partial charge on any atom is 0.170 e. The Morgan fingerprint density at radius 1 is 1.88 bits per heavy atom. The molecule has 0 aliphatic heterocycles. The van der Waals surface area contributed by atoms with Crippen molar-refractivity contribution in [1.82, 2.24) is 15.2 Å². The molecule has 0 aliphatic rings. The first-order chi connectivity index (χ1) is 3.93. The highest BCUT2D eigenvalue weighted by atomic mass is 16.4. The molecule has 0 spiro atoms. The maximum atomic E-state index is 7.92. The SMILES string of the molecule is ON=Cc1ncn[nH]1. The fourth-order valence-electron chi connectivity index (χ4n) is 0.332. The number of hydrogen-bond acceptors (Lipinski definition) is 4. The molecule has 0 unspecified atom stereocenters. The zero-order valence-corrected chi connectivity index (χ0v) is 3.94. The van der Waals surface area contributed by atoms with Crippen molar-refractivity contribution in [3.63, 3.8) is 0 Å². The van der Waals surface area contributed by atoms with Gasteiger partial charge in [-0.05, 0) is 0 Å². The van der Waals surface area contributed by atoms with Crippen molar-refractivity contribution in [2.24, 2.45) is 5.16 Å². The van der Waals surface area contributed by atoms with Gasteiger partial charge in [0.1, 0.15) is 12.5 Å². The van der Waals surface area contributed by atoms with Crippen molar-refractivity contribution in [2.45, 2.75) is 0 Å². The van der Waals surface area contributed by atoms with Crippen molar-refractivity contribution < 1.29 is 5.21 Å². The Balaban J connectivity index is 2.77. The molecule has 0 saturated carbocycles. The van der Waals surface area contributed by atoms with Gasteiger partial charge in [-0.1, -0.05) is 5.16 Å². The summed E-state index contributed by atoms with van der Waals surface area (Å²) >= 11 is 0. The Kier molecular flexibility index (Phi) is 1.23. The number of aromatic amines is 1. The molecule has 8 heavy (non-hydrogen) atoms. The van der Waals surface area contributed by atoms with Gasteiger partial charge in [0.25, 0.3) is 0 Å². The molecule has 1 rings (SSSR count). The van der Waals surface area contributed by atoms with Crippen LogP contribution in [0, 0.1) is 0 Å². The van der Waals surface area contributed by atoms with Crippen LogP contribution in [-0.4, -0.2) is 26.6 Å². The minimum Gasteiger partial charge on any atom is -0.411 e. The summed E-state index contributed by atoms with van der Waals surface area (Å²) in [4.78, 5) is 3.63. The summed E-state index contributed by atoms with van der Waals surface area (Å²) in [6, 6.07) is 0. The van der Waals surface area contributed by atoms with E-state index in [0.717, 1.165) is 6.21 Å². The van der Waals surface area contributed by atoms with Crippen molar-refractivity contribution in [2.75, 3.05) is 0 Å². The van der Waals surface area contributed by atoms with Crippen LogP contribution in [0.2, 0.25) is 0 Å². The Morgan fingerprint density at radius 2 is 2.75 bits per heavy atom. The summed E-state index contributed by atoms with van der Waals surface area (Å²) in [6.45, 7) is 0. The van der Waals surface area contributed by atoms with Gasteiger partial charge < -0.3 is 5.21 Å². The van der Waals surface area contributed by atoms with Gasteiger partial charge in [0.05, 0.1) is 0 Å². The quantitative estimate of drug-likeness (QED) is 0.295. The van der Waals surface area contributed by atoms with Gasteiger partial charge >= 0.3 is 0 Å². The average molecular weight is 112 g/mol. The molecule has 0 bridgehead atoms. The van der Waals surface area contributed by atoms with Crippen LogP contribution in [0.15, 0.2) is 11.5 Å². The predicted molar refractivity (Wildman–Crippen MR) is 25.8 cm³/mol. The Labute approximate surface area is 45.1 Å². The molecule has 0 amide bonds. The largest absolute Gasteiger partial charge is 0.411 e. The lowest BCUT2D eigenvalue weighted by Gasteiger charge is -1.72. The molecule has 0 aromatic carbocycles. The van der Waals surface area contributed by atoms with Gasteiger partial charge in [-0.25, -0.2) is 4.98 Å². The van der Waals surface area contributed by atoms with Crippen LogP contribution in [0.3, 0.4) is 0 Å². The van der Waals surface area contributed by atoms with E-state index in [1.165, 1.54) is 6.33 Å². The molecule has 1 aromatic heterocycles. The molecule has 1 aromatic rings. The van der Waals surface area contributed by atoms with Crippen LogP contribution in [0.1, 0.15) is 5.82 Å². The lowest BCUT2D eigenvalue weighted by Crippen LogP contribution is -1.82. The minimum atomic E-state index is 0.438. The standard InChI is InChI=1S/C3H4N4O/c8-6-1-3-4-2-5-7-3/h1-2,8H,(H,4,5,7). The zero-order valence-electron chi connectivity index (χ0n) is 3.94. The van der Waals surface area contributed by atoms with Crippen molar-refractivity contribution in [3.05, 3.63) is 12.2 Å². The minimum absolute atomic E-state index is 0.438. The lowest BCUT2D eigenvalue weighted by molar-refractivity contribution is 0.321. The van der Waals surface area contributed by atoms with E-state index >= 15 is 0 Å². The molecular formula is C3H4N4O. The molecule has 0 fully saturated rings. The smallest absolute Gasteiger partial charge is 0.170 e. The topological polar surface area (TPSA) is 74.2 Å². The number of nitrogens with one attached hydrogen (secondary N) is 1. The van der Waals surface area contributed by atoms with E-state index in [-0.39, 0.29) is 0 Å². The van der Waals surface area contributed by atoms with E-state index < -0.39 is 0 Å². The van der Waals surface area contributed by atoms with E-state index in [4.69, 9.17) is 5.21 Å². The van der Waals surface area contributed by atoms with Gasteiger partial charge in [0.15, 0.2) is 5.82 Å². The third-order valence-corrected chi connectivity index (χ3v) is 0.614. The second-order valence-corrected chi connectivity index (χ2v) is 1.12. The highest BCUT2D eigenvalue weighted by Gasteiger charge is 1.84. The molecule has 1 heterocycles. The summed E-state index contributed by atoms with van der Waals surface area (Å²) in [5, 5.41) is 16.6. The second kappa shape index (κ2) is 2.06. The Bertz CT molecular complexity index is 167. The third-order valence-electron chi connectivity index (χ3n) is 0.614. The Morgan fingerprint density at radius 3 is 3.25 bits per heavy atom. The first-order valence-corrected chi connectivity index (χ1v) is 1.96. The van der Waals surface area contributed by atoms with Gasteiger partial charge in [-0.3, -0.25) is 5.10 Å². The molecule has 0 atom stereocenters. The third kappa shape index (κ3) is 0.810. The first kappa shape index (κ1) is 4.76. The predicted octanol–water partition coefficient (Wildman–Crippen LogP) is -0.387. The molecule has 0 aliphatic carbocycles. The summed E-state index contributed by atoms with van der Waals surface area (Å²) in [5.41, 5.74) is 0. The summed E-state index contributed by atoms with van der Waals surface area (Å²) in [5.74, 6) is 0.438. The van der Waals surface area contributed by atoms with Crippen LogP contribution < -0.4 is 0 Å². The van der Waals surface area contributed by atoms with Gasteiger partial charge in [-0.15, -0.1) is 0 Å². The molecule has 42 valence electrons. The van der Waals surface area contributed by atoms with Crippen LogP contribution >= 0.6 is 0 Å². The normalized spacial score (nSPS) is 10.5. The fraction of sp³-hybridized carbons (Fsp3) is 0. The van der Waals surface area contributed by atoms with Crippen molar-refractivity contribution in [1.29, 1.82) is 0 Å². The monoisotopic (exact) mass is 112 g/mol. The number of oxime groups is 1. The number of hydrogen-bond donors (Lipinski definition) is 2. The lowest BCUT2D eigenvalue weighted by atomic mass is 10.7. The first-order valence-electron chi connectivity index (χ1n) is 1.96. The molecule has 5 nitrogen and oxygen atoms in total. The molecular weight excluding hydrogens is 108 g/mol. The van der Waals surface area contributed by atoms with Crippen LogP contribution in [0.4, 0.5) is 0 Å². The number of H-pyrrole nitrogens is 1. The summed E-state index contributed by atoms with van der Waals surface area (Å²) in [7, 11) is 0. The average Bonchev–Trinajstić information content (AvgIpc) is 2.19. The number of aromatic nitrogens is 3. The van der Waals surface area contributed by atoms with E-state index in [1.807, 2.05) is 0 Å². The number of nitrogens with zero attached hydrogens (tertiary/aromatic N) is 3. The van der Waals surface area contributed by atoms with E-state index in [0.29, 0.717) is 5.82 Å². The van der Waals surface area contributed by atoms with Gasteiger partial charge in [-0.2, -0.15) is 5.10 Å². The highest BCUT2D eigenvalue weighted by Crippen LogP contribution is 1.75. The van der Waals surface area contributed by atoms with Crippen molar-refractivity contribution in [3.8, 4) is 0 Å². The maximum absolute atomic E-state index is 7.92. The number of rotatable bonds is 1. The van der Waals surface area contributed by atoms with Crippen LogP contribution in [-0.2, 0) is 0 Å². The second-order valence-electron chi connectivity index (χ2n) is 1.12. The van der Waals surface area contributed by atoms with Gasteiger partial charge in [0, 0.05) is 0 Å². The van der Waals surface area contributed by atoms with Crippen LogP contribution in [0.25, 0.3) is 0 Å². The van der Waals surface area contributed by atoms with E-state index in [9.17, 15) is 0 Å². The summed E-state index contributed by atoms with van der Waals surface area (Å²) < 4.78 is 0. The van der Waals surface area contributed by atoms with Gasteiger partial charge in [0.2, 0.25) is 0 Å². The zero-order chi connectivity index (χ0) is 5.82. The van der Waals surface area contributed by atoms with Crippen LogP contribution in [0.5, 0.6) is 0 Å². The molecule has 2 N–H and O–H groups in total. The van der Waals surface area contributed by atoms with Crippen molar-refractivity contribution >= 4 is 6.21 Å². The Hall–Kier alpha value is -1.39. The molecule has 5 heteroatoms. The molecule has 0 radical (unpaired) electrons. The fourth-order valence-corrected chi connectivity index (χ4v) is 0.332. The molecule has 0 saturated heterocycles. The van der Waals surface area contributed by atoms with E-state index in [2.05, 4.69) is 20.3 Å². The van der Waals surface area contributed by atoms with E-state index in [1.54, 1.807) is 0 Å². The summed E-state index contributed by atoms with van der Waals surface area (Å²) in [6.07, 6.45) is 2.49.